The minimum atomic E-state index is -0.894. The molecule has 1 atom stereocenters. The van der Waals surface area contributed by atoms with Crippen LogP contribution in [0.25, 0.3) is 0 Å². The summed E-state index contributed by atoms with van der Waals surface area (Å²) in [6.45, 7) is 3.60. The van der Waals surface area contributed by atoms with Gasteiger partial charge in [-0.1, -0.05) is 20.3 Å². The summed E-state index contributed by atoms with van der Waals surface area (Å²) in [6, 6.07) is -1.33. The Kier molecular flexibility index (Phi) is 4.74. The first-order chi connectivity index (χ1) is 8.78. The van der Waals surface area contributed by atoms with Crippen LogP contribution >= 0.6 is 0 Å². The van der Waals surface area contributed by atoms with Crippen LogP contribution in [0.1, 0.15) is 33.1 Å². The monoisotopic (exact) mass is 271 g/mol. The molecule has 1 unspecified atom stereocenters. The average Bonchev–Trinajstić information content (AvgIpc) is 2.22. The normalized spacial score (nSPS) is 18.3. The molecule has 19 heavy (non-hydrogen) atoms. The Morgan fingerprint density at radius 2 is 1.89 bits per heavy atom. The molecule has 7 heteroatoms. The molecule has 0 bridgehead atoms. The van der Waals surface area contributed by atoms with Crippen molar-refractivity contribution in [1.82, 2.24) is 10.6 Å². The summed E-state index contributed by atoms with van der Waals surface area (Å²) in [7, 11) is 0. The number of hydrogen-bond acceptors (Lipinski definition) is 3. The van der Waals surface area contributed by atoms with Crippen molar-refractivity contribution in [2.75, 3.05) is 6.54 Å². The van der Waals surface area contributed by atoms with Crippen molar-refractivity contribution >= 4 is 17.9 Å². The van der Waals surface area contributed by atoms with Gasteiger partial charge >= 0.3 is 12.0 Å². The van der Waals surface area contributed by atoms with E-state index in [0.717, 1.165) is 6.42 Å². The van der Waals surface area contributed by atoms with Crippen molar-refractivity contribution in [1.29, 1.82) is 0 Å². The van der Waals surface area contributed by atoms with Gasteiger partial charge in [0.15, 0.2) is 0 Å². The van der Waals surface area contributed by atoms with Crippen LogP contribution in [0.2, 0.25) is 0 Å². The van der Waals surface area contributed by atoms with Crippen LogP contribution in [0.15, 0.2) is 0 Å². The number of carbonyl (C=O) groups excluding carboxylic acids is 2. The molecule has 0 spiro atoms. The number of carboxylic acid groups (broad SMARTS) is 1. The van der Waals surface area contributed by atoms with E-state index in [1.165, 1.54) is 0 Å². The Bertz CT molecular complexity index is 377. The zero-order chi connectivity index (χ0) is 14.6. The van der Waals surface area contributed by atoms with E-state index in [4.69, 9.17) is 10.8 Å². The van der Waals surface area contributed by atoms with Crippen LogP contribution in [-0.2, 0) is 9.59 Å². The van der Waals surface area contributed by atoms with Gasteiger partial charge in [-0.3, -0.25) is 9.59 Å². The van der Waals surface area contributed by atoms with Gasteiger partial charge in [0.25, 0.3) is 0 Å². The van der Waals surface area contributed by atoms with Gasteiger partial charge in [-0.15, -0.1) is 0 Å². The summed E-state index contributed by atoms with van der Waals surface area (Å²) < 4.78 is 0. The minimum Gasteiger partial charge on any atom is -0.481 e. The molecular formula is C12H21N3O4. The summed E-state index contributed by atoms with van der Waals surface area (Å²) in [5.41, 5.74) is 4.33. The number of hydrogen-bond donors (Lipinski definition) is 4. The van der Waals surface area contributed by atoms with Gasteiger partial charge in [-0.25, -0.2) is 4.79 Å². The molecule has 7 nitrogen and oxygen atoms in total. The van der Waals surface area contributed by atoms with Crippen LogP contribution in [0, 0.1) is 11.3 Å². The maximum absolute atomic E-state index is 11.6. The zero-order valence-electron chi connectivity index (χ0n) is 11.2. The van der Waals surface area contributed by atoms with Crippen molar-refractivity contribution in [3.8, 4) is 0 Å². The van der Waals surface area contributed by atoms with Gasteiger partial charge in [-0.05, 0) is 18.8 Å². The first-order valence-corrected chi connectivity index (χ1v) is 6.35. The van der Waals surface area contributed by atoms with Crippen LogP contribution in [-0.4, -0.2) is 35.6 Å². The number of nitrogens with one attached hydrogen (secondary N) is 2. The average molecular weight is 271 g/mol. The van der Waals surface area contributed by atoms with E-state index in [0.29, 0.717) is 12.8 Å². The van der Waals surface area contributed by atoms with Crippen LogP contribution in [0.4, 0.5) is 4.79 Å². The number of carboxylic acids is 1. The van der Waals surface area contributed by atoms with Crippen LogP contribution < -0.4 is 16.4 Å². The molecule has 0 aromatic heterocycles. The molecule has 5 N–H and O–H groups in total. The fourth-order valence-electron chi connectivity index (χ4n) is 2.08. The zero-order valence-corrected chi connectivity index (χ0v) is 11.2. The number of primary amides is 1. The number of rotatable bonds is 6. The molecule has 0 aliphatic heterocycles. The second-order valence-corrected chi connectivity index (χ2v) is 5.39. The van der Waals surface area contributed by atoms with Gasteiger partial charge in [-0.2, -0.15) is 0 Å². The minimum absolute atomic E-state index is 0.0672. The Hall–Kier alpha value is -1.79. The van der Waals surface area contributed by atoms with Crippen molar-refractivity contribution in [3.05, 3.63) is 0 Å². The first kappa shape index (κ1) is 15.3. The fraction of sp³-hybridized carbons (Fsp3) is 0.750. The fourth-order valence-corrected chi connectivity index (χ4v) is 2.08. The summed E-state index contributed by atoms with van der Waals surface area (Å²) in [4.78, 5) is 33.9. The summed E-state index contributed by atoms with van der Waals surface area (Å²) in [5.74, 6) is -1.63. The predicted molar refractivity (Wildman–Crippen MR) is 68.3 cm³/mol. The highest BCUT2D eigenvalue weighted by Gasteiger charge is 2.44. The third-order valence-electron chi connectivity index (χ3n) is 3.61. The van der Waals surface area contributed by atoms with Crippen molar-refractivity contribution < 1.29 is 19.5 Å². The molecule has 1 fully saturated rings. The van der Waals surface area contributed by atoms with E-state index in [1.807, 2.05) is 0 Å². The molecule has 0 saturated heterocycles. The maximum atomic E-state index is 11.6. The largest absolute Gasteiger partial charge is 0.481 e. The Balaban J connectivity index is 2.47. The van der Waals surface area contributed by atoms with Crippen LogP contribution in [0.5, 0.6) is 0 Å². The van der Waals surface area contributed by atoms with Crippen molar-refractivity contribution in [2.45, 2.75) is 39.2 Å². The lowest BCUT2D eigenvalue weighted by molar-refractivity contribution is -0.153. The Labute approximate surface area is 111 Å². The molecule has 1 rings (SSSR count). The molecule has 0 heterocycles. The van der Waals surface area contributed by atoms with Gasteiger partial charge in [0.1, 0.15) is 6.04 Å². The van der Waals surface area contributed by atoms with E-state index in [2.05, 4.69) is 10.6 Å². The highest BCUT2D eigenvalue weighted by molar-refractivity contribution is 5.86. The topological polar surface area (TPSA) is 122 Å². The smallest absolute Gasteiger partial charge is 0.315 e. The standard InChI is InChI=1S/C12H21N3O4/c1-7(2)8(9(13)16)15-11(19)14-6-12(10(17)18)4-3-5-12/h7-8H,3-6H2,1-2H3,(H2,13,16)(H,17,18)(H2,14,15,19). The van der Waals surface area contributed by atoms with Crippen molar-refractivity contribution in [3.63, 3.8) is 0 Å². The molecule has 0 radical (unpaired) electrons. The lowest BCUT2D eigenvalue weighted by Gasteiger charge is -2.37. The maximum Gasteiger partial charge on any atom is 0.315 e. The Morgan fingerprint density at radius 3 is 2.21 bits per heavy atom. The number of nitrogens with two attached hydrogens (primary N) is 1. The molecule has 0 aromatic carbocycles. The molecule has 0 aromatic rings. The van der Waals surface area contributed by atoms with Crippen molar-refractivity contribution in [2.24, 2.45) is 17.1 Å². The highest BCUT2D eigenvalue weighted by atomic mass is 16.4. The molecule has 3 amide bonds. The lowest BCUT2D eigenvalue weighted by atomic mass is 9.69. The van der Waals surface area contributed by atoms with E-state index >= 15 is 0 Å². The van der Waals surface area contributed by atoms with Gasteiger partial charge < -0.3 is 21.5 Å². The third-order valence-corrected chi connectivity index (χ3v) is 3.61. The van der Waals surface area contributed by atoms with E-state index in [1.54, 1.807) is 13.8 Å². The number of urea groups is 1. The first-order valence-electron chi connectivity index (χ1n) is 6.35. The molecular weight excluding hydrogens is 250 g/mol. The van der Waals surface area contributed by atoms with Gasteiger partial charge in [0, 0.05) is 6.54 Å². The molecule has 1 aliphatic carbocycles. The van der Waals surface area contributed by atoms with Gasteiger partial charge in [0.2, 0.25) is 5.91 Å². The van der Waals surface area contributed by atoms with Gasteiger partial charge in [0.05, 0.1) is 5.41 Å². The van der Waals surface area contributed by atoms with E-state index < -0.39 is 29.4 Å². The SMILES string of the molecule is CC(C)C(NC(=O)NCC1(C(=O)O)CCC1)C(N)=O. The molecule has 108 valence electrons. The summed E-state index contributed by atoms with van der Waals surface area (Å²) >= 11 is 0. The highest BCUT2D eigenvalue weighted by Crippen LogP contribution is 2.40. The second-order valence-electron chi connectivity index (χ2n) is 5.39. The number of carbonyl (C=O) groups is 3. The second kappa shape index (κ2) is 5.90. The number of amides is 3. The number of aliphatic carboxylic acids is 1. The van der Waals surface area contributed by atoms with Crippen LogP contribution in [0.3, 0.4) is 0 Å². The van der Waals surface area contributed by atoms with E-state index in [9.17, 15) is 14.4 Å². The quantitative estimate of drug-likeness (QED) is 0.545. The Morgan fingerprint density at radius 1 is 1.32 bits per heavy atom. The summed E-state index contributed by atoms with van der Waals surface area (Å²) in [6.07, 6.45) is 1.98. The summed E-state index contributed by atoms with van der Waals surface area (Å²) in [5, 5.41) is 14.1. The molecule has 1 saturated carbocycles. The molecule has 1 aliphatic rings. The van der Waals surface area contributed by atoms with E-state index in [-0.39, 0.29) is 12.5 Å². The third kappa shape index (κ3) is 3.59. The lowest BCUT2D eigenvalue weighted by Crippen LogP contribution is -2.54. The predicted octanol–water partition coefficient (Wildman–Crippen LogP) is 0.0504.